The van der Waals surface area contributed by atoms with Gasteiger partial charge in [0.05, 0.1) is 0 Å². The highest BCUT2D eigenvalue weighted by Crippen LogP contribution is 2.41. The summed E-state index contributed by atoms with van der Waals surface area (Å²) in [7, 11) is 0. The van der Waals surface area contributed by atoms with Gasteiger partial charge in [-0.3, -0.25) is 4.79 Å². The number of fused-ring (bicyclic) bond motifs is 4. The molecule has 10 aromatic rings. The van der Waals surface area contributed by atoms with Crippen molar-refractivity contribution in [1.29, 1.82) is 0 Å². The number of rotatable bonds is 1. The molecule has 0 bridgehead atoms. The highest BCUT2D eigenvalue weighted by molar-refractivity contribution is 6.34. The van der Waals surface area contributed by atoms with Crippen molar-refractivity contribution in [1.82, 2.24) is 0 Å². The van der Waals surface area contributed by atoms with Crippen molar-refractivity contribution < 1.29 is 4.79 Å². The Labute approximate surface area is 248 Å². The molecular formula is C42H26O. The van der Waals surface area contributed by atoms with Crippen LogP contribution in [0.5, 0.6) is 0 Å². The van der Waals surface area contributed by atoms with Crippen LogP contribution in [-0.4, -0.2) is 5.78 Å². The van der Waals surface area contributed by atoms with Crippen LogP contribution in [0.15, 0.2) is 140 Å². The third-order valence-electron chi connectivity index (χ3n) is 9.26. The Kier molecular flexibility index (Phi) is 5.04. The topological polar surface area (TPSA) is 17.1 Å². The van der Waals surface area contributed by atoms with E-state index in [-0.39, 0.29) is 5.78 Å². The normalized spacial score (nSPS) is 11.9. The molecule has 0 aliphatic rings. The van der Waals surface area contributed by atoms with Crippen LogP contribution in [-0.2, 0) is 0 Å². The van der Waals surface area contributed by atoms with Crippen LogP contribution in [0.4, 0.5) is 0 Å². The third-order valence-corrected chi connectivity index (χ3v) is 9.26. The highest BCUT2D eigenvalue weighted by atomic mass is 16.1. The van der Waals surface area contributed by atoms with Gasteiger partial charge in [0, 0.05) is 5.56 Å². The Bertz CT molecular complexity index is 2520. The molecule has 200 valence electrons. The second-order valence-corrected chi connectivity index (χ2v) is 11.6. The molecule has 0 atom stereocenters. The van der Waals surface area contributed by atoms with E-state index >= 15 is 0 Å². The first-order chi connectivity index (χ1) is 21.2. The summed E-state index contributed by atoms with van der Waals surface area (Å²) >= 11 is 0. The zero-order valence-corrected chi connectivity index (χ0v) is 23.7. The first-order valence-corrected chi connectivity index (χ1v) is 14.8. The fraction of sp³-hybridized carbons (Fsp3) is 0.0238. The number of carbonyl (C=O) groups is 1. The van der Waals surface area contributed by atoms with Crippen LogP contribution in [0.25, 0.3) is 86.2 Å². The Morgan fingerprint density at radius 3 is 0.953 bits per heavy atom. The molecule has 0 aliphatic carbocycles. The minimum Gasteiger partial charge on any atom is -0.295 e. The number of Topliss-reactive ketones (excluding diaryl/α,β-unsaturated/α-hetero) is 1. The van der Waals surface area contributed by atoms with Gasteiger partial charge in [-0.05, 0) is 105 Å². The number of ketones is 1. The van der Waals surface area contributed by atoms with E-state index in [1.807, 2.05) is 6.07 Å². The van der Waals surface area contributed by atoms with Gasteiger partial charge in [-0.15, -0.1) is 0 Å². The molecule has 0 N–H and O–H groups in total. The molecule has 0 spiro atoms. The lowest BCUT2D eigenvalue weighted by atomic mass is 9.88. The molecule has 1 heteroatoms. The second kappa shape index (κ2) is 8.98. The average molecular weight is 547 g/mol. The quantitative estimate of drug-likeness (QED) is 0.114. The van der Waals surface area contributed by atoms with Crippen LogP contribution < -0.4 is 0 Å². The van der Waals surface area contributed by atoms with Crippen LogP contribution in [0.3, 0.4) is 0 Å². The maximum absolute atomic E-state index is 11.9. The molecule has 0 fully saturated rings. The Balaban J connectivity index is 0.000000122. The molecule has 0 heterocycles. The minimum atomic E-state index is 0.111. The first-order valence-electron chi connectivity index (χ1n) is 14.8. The Morgan fingerprint density at radius 2 is 0.628 bits per heavy atom. The number of carbonyl (C=O) groups excluding carboxylic acids is 1. The van der Waals surface area contributed by atoms with Crippen molar-refractivity contribution in [2.75, 3.05) is 0 Å². The molecule has 0 amide bonds. The van der Waals surface area contributed by atoms with E-state index in [1.54, 1.807) is 6.92 Å². The first kappa shape index (κ1) is 24.1. The summed E-state index contributed by atoms with van der Waals surface area (Å²) in [5.74, 6) is 0.111. The fourth-order valence-corrected chi connectivity index (χ4v) is 7.44. The summed E-state index contributed by atoms with van der Waals surface area (Å²) in [5.41, 5.74) is 0.779. The van der Waals surface area contributed by atoms with Gasteiger partial charge in [0.2, 0.25) is 0 Å². The number of hydrogen-bond donors (Lipinski definition) is 0. The summed E-state index contributed by atoms with van der Waals surface area (Å²) in [6.45, 7) is 1.63. The number of benzene rings is 10. The van der Waals surface area contributed by atoms with Gasteiger partial charge in [-0.2, -0.15) is 0 Å². The summed E-state index contributed by atoms with van der Waals surface area (Å²) in [6, 6.07) is 49.8. The van der Waals surface area contributed by atoms with Gasteiger partial charge in [-0.25, -0.2) is 0 Å². The standard InChI is InChI=1S/C22H14O.C20H12/c1-13(23)16-11-15-7-4-9-18-17-8-2-5-14-6-3-10-19(21(14)17)20(12-16)22(15)18;1-5-13-6-2-11-17-18-12-4-8-14-7-3-10-16(20(14)18)15(9-1)19(13)17/h2-12H,1H3;1-12H. The molecule has 0 unspecified atom stereocenters. The minimum absolute atomic E-state index is 0.111. The summed E-state index contributed by atoms with van der Waals surface area (Å²) in [4.78, 5) is 11.9. The Morgan fingerprint density at radius 1 is 0.349 bits per heavy atom. The second-order valence-electron chi connectivity index (χ2n) is 11.6. The van der Waals surface area contributed by atoms with Crippen molar-refractivity contribution in [2.45, 2.75) is 6.92 Å². The zero-order chi connectivity index (χ0) is 28.7. The smallest absolute Gasteiger partial charge is 0.159 e. The van der Waals surface area contributed by atoms with Crippen molar-refractivity contribution in [3.8, 4) is 0 Å². The van der Waals surface area contributed by atoms with E-state index in [0.717, 1.165) is 10.9 Å². The lowest BCUT2D eigenvalue weighted by Crippen LogP contribution is -1.94. The molecule has 0 radical (unpaired) electrons. The summed E-state index contributed by atoms with van der Waals surface area (Å²) in [6.07, 6.45) is 0. The van der Waals surface area contributed by atoms with Gasteiger partial charge >= 0.3 is 0 Å². The summed E-state index contributed by atoms with van der Waals surface area (Å²) in [5, 5.41) is 20.8. The van der Waals surface area contributed by atoms with Crippen LogP contribution in [0, 0.1) is 0 Å². The van der Waals surface area contributed by atoms with Crippen molar-refractivity contribution in [3.05, 3.63) is 145 Å². The maximum atomic E-state index is 11.9. The molecule has 10 aromatic carbocycles. The predicted octanol–water partition coefficient (Wildman–Crippen LogP) is 11.7. The van der Waals surface area contributed by atoms with E-state index in [4.69, 9.17) is 0 Å². The number of hydrogen-bond acceptors (Lipinski definition) is 1. The average Bonchev–Trinajstić information content (AvgIpc) is 3.05. The van der Waals surface area contributed by atoms with E-state index in [2.05, 4.69) is 133 Å². The highest BCUT2D eigenvalue weighted by Gasteiger charge is 2.14. The van der Waals surface area contributed by atoms with E-state index < -0.39 is 0 Å². The van der Waals surface area contributed by atoms with Gasteiger partial charge < -0.3 is 0 Å². The van der Waals surface area contributed by atoms with Gasteiger partial charge in [0.1, 0.15) is 0 Å². The summed E-state index contributed by atoms with van der Waals surface area (Å²) < 4.78 is 0. The largest absolute Gasteiger partial charge is 0.295 e. The monoisotopic (exact) mass is 546 g/mol. The molecule has 0 aromatic heterocycles. The molecular weight excluding hydrogens is 520 g/mol. The van der Waals surface area contributed by atoms with Crippen LogP contribution in [0.1, 0.15) is 17.3 Å². The Hall–Kier alpha value is -5.53. The molecule has 43 heavy (non-hydrogen) atoms. The fourth-order valence-electron chi connectivity index (χ4n) is 7.44. The molecule has 10 rings (SSSR count). The van der Waals surface area contributed by atoms with E-state index in [1.165, 1.54) is 80.8 Å². The predicted molar refractivity (Wildman–Crippen MR) is 185 cm³/mol. The maximum Gasteiger partial charge on any atom is 0.159 e. The van der Waals surface area contributed by atoms with Gasteiger partial charge in [0.25, 0.3) is 0 Å². The van der Waals surface area contributed by atoms with Gasteiger partial charge in [0.15, 0.2) is 5.78 Å². The molecule has 0 saturated carbocycles. The van der Waals surface area contributed by atoms with E-state index in [9.17, 15) is 4.79 Å². The molecule has 0 saturated heterocycles. The van der Waals surface area contributed by atoms with E-state index in [0.29, 0.717) is 0 Å². The lowest BCUT2D eigenvalue weighted by Gasteiger charge is -2.15. The van der Waals surface area contributed by atoms with Crippen LogP contribution in [0.2, 0.25) is 0 Å². The SMILES string of the molecule is CC(=O)c1cc2cccc3c4cccc5cccc(c(c1)c23)c54.c1cc2cccc3c4cccc5cccc(c(c1)c23)c54. The third kappa shape index (κ3) is 3.43. The molecule has 1 nitrogen and oxygen atoms in total. The van der Waals surface area contributed by atoms with Crippen molar-refractivity contribution in [3.63, 3.8) is 0 Å². The van der Waals surface area contributed by atoms with Crippen molar-refractivity contribution in [2.24, 2.45) is 0 Å². The lowest BCUT2D eigenvalue weighted by molar-refractivity contribution is 0.101. The molecule has 0 aliphatic heterocycles. The zero-order valence-electron chi connectivity index (χ0n) is 23.7. The van der Waals surface area contributed by atoms with Crippen molar-refractivity contribution >= 4 is 92.0 Å². The van der Waals surface area contributed by atoms with Crippen LogP contribution >= 0.6 is 0 Å². The van der Waals surface area contributed by atoms with Gasteiger partial charge in [-0.1, -0.05) is 127 Å².